The lowest BCUT2D eigenvalue weighted by molar-refractivity contribution is -0.133. The number of aromatic hydroxyl groups is 1. The number of carbonyl (C=O) groups is 2. The van der Waals surface area contributed by atoms with Crippen LogP contribution in [-0.2, 0) is 16.1 Å². The van der Waals surface area contributed by atoms with Crippen molar-refractivity contribution in [3.05, 3.63) is 24.0 Å². The zero-order valence-electron chi connectivity index (χ0n) is 9.93. The van der Waals surface area contributed by atoms with E-state index in [-0.39, 0.29) is 30.7 Å². The van der Waals surface area contributed by atoms with E-state index in [1.807, 2.05) is 0 Å². The summed E-state index contributed by atoms with van der Waals surface area (Å²) in [4.78, 5) is 28.4. The Morgan fingerprint density at radius 2 is 2.39 bits per heavy atom. The molecule has 0 radical (unpaired) electrons. The Bertz CT molecular complexity index is 462. The Kier molecular flexibility index (Phi) is 3.76. The minimum atomic E-state index is -0.240. The van der Waals surface area contributed by atoms with Crippen molar-refractivity contribution in [3.63, 3.8) is 0 Å². The second-order valence-electron chi connectivity index (χ2n) is 4.16. The second-order valence-corrected chi connectivity index (χ2v) is 4.16. The largest absolute Gasteiger partial charge is 0.506 e. The molecule has 0 bridgehead atoms. The fraction of sp³-hybridized carbons (Fsp3) is 0.417. The molecule has 6 nitrogen and oxygen atoms in total. The SMILES string of the molecule is O=C(CN1CCCC1=O)NCc1ncccc1O. The quantitative estimate of drug-likeness (QED) is 0.788. The highest BCUT2D eigenvalue weighted by molar-refractivity contribution is 5.85. The average Bonchev–Trinajstić information content (AvgIpc) is 2.74. The van der Waals surface area contributed by atoms with Crippen LogP contribution in [-0.4, -0.2) is 39.9 Å². The van der Waals surface area contributed by atoms with Crippen molar-refractivity contribution in [2.24, 2.45) is 0 Å². The average molecular weight is 249 g/mol. The highest BCUT2D eigenvalue weighted by Crippen LogP contribution is 2.12. The van der Waals surface area contributed by atoms with E-state index >= 15 is 0 Å². The monoisotopic (exact) mass is 249 g/mol. The molecule has 6 heteroatoms. The van der Waals surface area contributed by atoms with Crippen LogP contribution < -0.4 is 5.32 Å². The van der Waals surface area contributed by atoms with Crippen molar-refractivity contribution >= 4 is 11.8 Å². The summed E-state index contributed by atoms with van der Waals surface area (Å²) in [7, 11) is 0. The Morgan fingerprint density at radius 1 is 1.56 bits per heavy atom. The van der Waals surface area contributed by atoms with Gasteiger partial charge in [-0.3, -0.25) is 14.6 Å². The lowest BCUT2D eigenvalue weighted by Crippen LogP contribution is -2.37. The first kappa shape index (κ1) is 12.3. The van der Waals surface area contributed by atoms with Gasteiger partial charge in [0, 0.05) is 19.2 Å². The third-order valence-electron chi connectivity index (χ3n) is 2.83. The van der Waals surface area contributed by atoms with Crippen LogP contribution in [0.2, 0.25) is 0 Å². The van der Waals surface area contributed by atoms with Gasteiger partial charge in [0.1, 0.15) is 11.4 Å². The summed E-state index contributed by atoms with van der Waals surface area (Å²) in [6, 6.07) is 3.13. The summed E-state index contributed by atoms with van der Waals surface area (Å²) in [5.41, 5.74) is 0.415. The molecule has 2 heterocycles. The van der Waals surface area contributed by atoms with Crippen LogP contribution in [0.5, 0.6) is 5.75 Å². The molecule has 1 aromatic rings. The van der Waals surface area contributed by atoms with Gasteiger partial charge in [0.2, 0.25) is 11.8 Å². The molecule has 0 unspecified atom stereocenters. The summed E-state index contributed by atoms with van der Waals surface area (Å²) in [5.74, 6) is -0.170. The van der Waals surface area contributed by atoms with E-state index in [2.05, 4.69) is 10.3 Å². The van der Waals surface area contributed by atoms with E-state index in [1.165, 1.54) is 11.0 Å². The molecule has 96 valence electrons. The molecular formula is C12H15N3O3. The Morgan fingerprint density at radius 3 is 3.06 bits per heavy atom. The van der Waals surface area contributed by atoms with Gasteiger partial charge < -0.3 is 15.3 Å². The number of likely N-dealkylation sites (tertiary alicyclic amines) is 1. The highest BCUT2D eigenvalue weighted by Gasteiger charge is 2.22. The van der Waals surface area contributed by atoms with Crippen molar-refractivity contribution in [1.29, 1.82) is 0 Å². The number of nitrogens with one attached hydrogen (secondary N) is 1. The number of hydrogen-bond acceptors (Lipinski definition) is 4. The third-order valence-corrected chi connectivity index (χ3v) is 2.83. The maximum absolute atomic E-state index is 11.6. The van der Waals surface area contributed by atoms with Crippen LogP contribution >= 0.6 is 0 Å². The van der Waals surface area contributed by atoms with E-state index in [4.69, 9.17) is 0 Å². The van der Waals surface area contributed by atoms with Gasteiger partial charge in [-0.2, -0.15) is 0 Å². The van der Waals surface area contributed by atoms with E-state index in [1.54, 1.807) is 12.3 Å². The van der Waals surface area contributed by atoms with Gasteiger partial charge in [-0.1, -0.05) is 0 Å². The fourth-order valence-corrected chi connectivity index (χ4v) is 1.85. The van der Waals surface area contributed by atoms with Crippen LogP contribution in [0.1, 0.15) is 18.5 Å². The number of carbonyl (C=O) groups excluding carboxylic acids is 2. The summed E-state index contributed by atoms with van der Waals surface area (Å²) in [6.07, 6.45) is 2.88. The molecular weight excluding hydrogens is 234 g/mol. The normalized spacial score (nSPS) is 14.9. The molecule has 1 saturated heterocycles. The van der Waals surface area contributed by atoms with E-state index in [0.717, 1.165) is 6.42 Å². The minimum absolute atomic E-state index is 0.0193. The molecule has 1 aromatic heterocycles. The Labute approximate surface area is 105 Å². The molecule has 0 saturated carbocycles. The molecule has 1 aliphatic heterocycles. The van der Waals surface area contributed by atoms with Crippen LogP contribution in [0, 0.1) is 0 Å². The van der Waals surface area contributed by atoms with E-state index in [9.17, 15) is 14.7 Å². The number of pyridine rings is 1. The maximum Gasteiger partial charge on any atom is 0.239 e. The molecule has 1 fully saturated rings. The van der Waals surface area contributed by atoms with Gasteiger partial charge in [-0.15, -0.1) is 0 Å². The topological polar surface area (TPSA) is 82.5 Å². The van der Waals surface area contributed by atoms with Gasteiger partial charge in [0.15, 0.2) is 0 Å². The molecule has 2 N–H and O–H groups in total. The summed E-state index contributed by atoms with van der Waals surface area (Å²) in [6.45, 7) is 0.876. The van der Waals surface area contributed by atoms with Crippen molar-refractivity contribution in [1.82, 2.24) is 15.2 Å². The van der Waals surface area contributed by atoms with Crippen LogP contribution in [0.3, 0.4) is 0 Å². The molecule has 1 aliphatic rings. The zero-order chi connectivity index (χ0) is 13.0. The first-order chi connectivity index (χ1) is 8.66. The van der Waals surface area contributed by atoms with E-state index in [0.29, 0.717) is 18.7 Å². The molecule has 2 rings (SSSR count). The Balaban J connectivity index is 1.82. The lowest BCUT2D eigenvalue weighted by Gasteiger charge is -2.14. The summed E-state index contributed by atoms with van der Waals surface area (Å²) in [5, 5.41) is 12.1. The molecule has 0 spiro atoms. The molecule has 0 atom stereocenters. The molecule has 0 aromatic carbocycles. The Hall–Kier alpha value is -2.11. The van der Waals surface area contributed by atoms with Crippen LogP contribution in [0.4, 0.5) is 0 Å². The second kappa shape index (κ2) is 5.48. The third kappa shape index (κ3) is 2.97. The first-order valence-corrected chi connectivity index (χ1v) is 5.84. The predicted octanol–water partition coefficient (Wildman–Crippen LogP) is 0.0258. The van der Waals surface area contributed by atoms with Crippen LogP contribution in [0.25, 0.3) is 0 Å². The first-order valence-electron chi connectivity index (χ1n) is 5.84. The standard InChI is InChI=1S/C12H15N3O3/c16-10-3-1-5-13-9(10)7-14-11(17)8-15-6-2-4-12(15)18/h1,3,5,16H,2,4,6-8H2,(H,14,17). The number of amides is 2. The van der Waals surface area contributed by atoms with Crippen molar-refractivity contribution in [2.45, 2.75) is 19.4 Å². The predicted molar refractivity (Wildman–Crippen MR) is 63.6 cm³/mol. The summed E-state index contributed by atoms with van der Waals surface area (Å²) >= 11 is 0. The zero-order valence-corrected chi connectivity index (χ0v) is 9.93. The number of rotatable bonds is 4. The highest BCUT2D eigenvalue weighted by atomic mass is 16.3. The van der Waals surface area contributed by atoms with Gasteiger partial charge in [-0.05, 0) is 18.6 Å². The van der Waals surface area contributed by atoms with Gasteiger partial charge >= 0.3 is 0 Å². The van der Waals surface area contributed by atoms with Crippen LogP contribution in [0.15, 0.2) is 18.3 Å². The number of hydrogen-bond donors (Lipinski definition) is 2. The van der Waals surface area contributed by atoms with Gasteiger partial charge in [-0.25, -0.2) is 0 Å². The minimum Gasteiger partial charge on any atom is -0.506 e. The lowest BCUT2D eigenvalue weighted by atomic mass is 10.3. The smallest absolute Gasteiger partial charge is 0.239 e. The van der Waals surface area contributed by atoms with Crippen molar-refractivity contribution in [2.75, 3.05) is 13.1 Å². The summed E-state index contributed by atoms with van der Waals surface area (Å²) < 4.78 is 0. The molecule has 2 amide bonds. The van der Waals surface area contributed by atoms with Gasteiger partial charge in [0.05, 0.1) is 13.1 Å². The van der Waals surface area contributed by atoms with E-state index < -0.39 is 0 Å². The van der Waals surface area contributed by atoms with Crippen molar-refractivity contribution < 1.29 is 14.7 Å². The van der Waals surface area contributed by atoms with Crippen molar-refractivity contribution in [3.8, 4) is 5.75 Å². The fourth-order valence-electron chi connectivity index (χ4n) is 1.85. The van der Waals surface area contributed by atoms with Gasteiger partial charge in [0.25, 0.3) is 0 Å². The number of aromatic nitrogens is 1. The molecule has 0 aliphatic carbocycles. The number of nitrogens with zero attached hydrogens (tertiary/aromatic N) is 2. The maximum atomic E-state index is 11.6. The molecule has 18 heavy (non-hydrogen) atoms.